The van der Waals surface area contributed by atoms with E-state index in [4.69, 9.17) is 21.3 Å². The number of carbonyl (C=O) groups excluding carboxylic acids is 2. The van der Waals surface area contributed by atoms with E-state index >= 15 is 0 Å². The predicted octanol–water partition coefficient (Wildman–Crippen LogP) is 3.93. The Bertz CT molecular complexity index is 1330. The largest absolute Gasteiger partial charge is 0.376 e. The summed E-state index contributed by atoms with van der Waals surface area (Å²) in [6, 6.07) is 6.90. The number of benzene rings is 1. The van der Waals surface area contributed by atoms with Crippen LogP contribution in [0.5, 0.6) is 0 Å². The Kier molecular flexibility index (Phi) is 7.15. The molecule has 0 aliphatic carbocycles. The minimum absolute atomic E-state index is 0.0276. The minimum atomic E-state index is -0.196. The molecule has 3 aromatic rings. The van der Waals surface area contributed by atoms with Crippen LogP contribution in [0.25, 0.3) is 10.2 Å². The Hall–Kier alpha value is -2.40. The molecule has 1 unspecified atom stereocenters. The maximum absolute atomic E-state index is 13.7. The van der Waals surface area contributed by atoms with Gasteiger partial charge in [0.05, 0.1) is 30.3 Å². The molecule has 0 bridgehead atoms. The van der Waals surface area contributed by atoms with E-state index in [1.54, 1.807) is 40.7 Å². The second kappa shape index (κ2) is 10.3. The lowest BCUT2D eigenvalue weighted by atomic mass is 10.1. The number of nitrogens with one attached hydrogen (secondary N) is 1. The van der Waals surface area contributed by atoms with Crippen LogP contribution in [-0.2, 0) is 33.8 Å². The highest BCUT2D eigenvalue weighted by atomic mass is 35.5. The van der Waals surface area contributed by atoms with Crippen molar-refractivity contribution in [3.63, 3.8) is 0 Å². The first-order valence-corrected chi connectivity index (χ1v) is 13.7. The molecule has 2 amide bonds. The van der Waals surface area contributed by atoms with Crippen molar-refractivity contribution >= 4 is 62.4 Å². The van der Waals surface area contributed by atoms with Crippen molar-refractivity contribution in [3.05, 3.63) is 50.1 Å². The van der Waals surface area contributed by atoms with Crippen molar-refractivity contribution in [1.82, 2.24) is 14.5 Å². The lowest BCUT2D eigenvalue weighted by Gasteiger charge is -2.25. The van der Waals surface area contributed by atoms with Gasteiger partial charge in [0.25, 0.3) is 5.56 Å². The average molecular weight is 533 g/mol. The summed E-state index contributed by atoms with van der Waals surface area (Å²) >= 11 is 8.62. The number of anilines is 1. The van der Waals surface area contributed by atoms with E-state index in [1.807, 2.05) is 0 Å². The van der Waals surface area contributed by atoms with Crippen molar-refractivity contribution in [2.75, 3.05) is 24.2 Å². The fourth-order valence-corrected chi connectivity index (χ4v) is 6.66. The second-order valence-electron chi connectivity index (χ2n) is 8.66. The number of fused-ring (bicyclic) bond motifs is 3. The number of nitrogens with zero attached hydrogens (tertiary/aromatic N) is 3. The molecular weight excluding hydrogens is 508 g/mol. The van der Waals surface area contributed by atoms with Gasteiger partial charge in [-0.2, -0.15) is 0 Å². The number of rotatable bonds is 6. The fourth-order valence-electron chi connectivity index (χ4n) is 4.45. The van der Waals surface area contributed by atoms with Gasteiger partial charge >= 0.3 is 0 Å². The van der Waals surface area contributed by atoms with Crippen LogP contribution in [0.15, 0.2) is 34.2 Å². The first kappa shape index (κ1) is 24.3. The van der Waals surface area contributed by atoms with Crippen LogP contribution in [0.1, 0.15) is 30.2 Å². The Balaban J connectivity index is 1.44. The van der Waals surface area contributed by atoms with Gasteiger partial charge in [0.2, 0.25) is 11.8 Å². The Labute approximate surface area is 215 Å². The third-order valence-corrected chi connectivity index (χ3v) is 8.58. The molecule has 8 nitrogen and oxygen atoms in total. The number of amides is 2. The molecule has 184 valence electrons. The van der Waals surface area contributed by atoms with Gasteiger partial charge in [-0.05, 0) is 49.1 Å². The van der Waals surface area contributed by atoms with Crippen molar-refractivity contribution in [2.45, 2.75) is 50.5 Å². The van der Waals surface area contributed by atoms with Gasteiger partial charge < -0.3 is 15.0 Å². The zero-order valence-corrected chi connectivity index (χ0v) is 21.6. The first-order chi connectivity index (χ1) is 16.9. The molecule has 4 heterocycles. The normalized spacial score (nSPS) is 17.5. The van der Waals surface area contributed by atoms with Crippen LogP contribution in [-0.4, -0.2) is 51.3 Å². The Morgan fingerprint density at radius 1 is 1.31 bits per heavy atom. The first-order valence-electron chi connectivity index (χ1n) is 11.5. The van der Waals surface area contributed by atoms with Gasteiger partial charge in [-0.3, -0.25) is 19.0 Å². The summed E-state index contributed by atoms with van der Waals surface area (Å²) < 4.78 is 7.47. The summed E-state index contributed by atoms with van der Waals surface area (Å²) in [6.07, 6.45) is 2.45. The van der Waals surface area contributed by atoms with Crippen molar-refractivity contribution in [2.24, 2.45) is 0 Å². The van der Waals surface area contributed by atoms with Gasteiger partial charge in [0.1, 0.15) is 4.83 Å². The predicted molar refractivity (Wildman–Crippen MR) is 138 cm³/mol. The van der Waals surface area contributed by atoms with E-state index in [1.165, 1.54) is 23.1 Å². The zero-order chi connectivity index (χ0) is 24.5. The molecule has 35 heavy (non-hydrogen) atoms. The van der Waals surface area contributed by atoms with Gasteiger partial charge in [-0.1, -0.05) is 23.4 Å². The highest BCUT2D eigenvalue weighted by molar-refractivity contribution is 7.99. The van der Waals surface area contributed by atoms with Crippen LogP contribution < -0.4 is 10.9 Å². The Morgan fingerprint density at radius 3 is 2.83 bits per heavy atom. The highest BCUT2D eigenvalue weighted by Gasteiger charge is 2.27. The lowest BCUT2D eigenvalue weighted by molar-refractivity contribution is -0.129. The molecule has 0 saturated carbocycles. The molecule has 2 aromatic heterocycles. The Morgan fingerprint density at radius 2 is 2.11 bits per heavy atom. The third-order valence-electron chi connectivity index (χ3n) is 6.24. The molecule has 1 aromatic carbocycles. The molecule has 1 N–H and O–H groups in total. The van der Waals surface area contributed by atoms with E-state index in [2.05, 4.69) is 5.32 Å². The molecular formula is C24H25ClN4O4S2. The smallest absolute Gasteiger partial charge is 0.263 e. The topological polar surface area (TPSA) is 93.5 Å². The molecule has 0 spiro atoms. The van der Waals surface area contributed by atoms with Gasteiger partial charge in [-0.25, -0.2) is 4.98 Å². The number of thioether (sulfide) groups is 1. The van der Waals surface area contributed by atoms with Crippen LogP contribution in [0.2, 0.25) is 5.02 Å². The number of hydrogen-bond donors (Lipinski definition) is 1. The fraction of sp³-hybridized carbons (Fsp3) is 0.417. The molecule has 2 aliphatic heterocycles. The summed E-state index contributed by atoms with van der Waals surface area (Å²) in [5, 5.41) is 4.59. The molecule has 1 fully saturated rings. The van der Waals surface area contributed by atoms with Crippen molar-refractivity contribution in [1.29, 1.82) is 0 Å². The number of carbonyl (C=O) groups is 2. The standard InChI is InChI=1S/C24H25ClN4O4S2/c1-14(30)28-9-8-18-19(12-28)35-22-21(18)23(32)29(11-17-3-2-10-33-17)24(27-22)34-13-20(31)26-16-6-4-15(25)5-7-16/h4-7,17H,2-3,8-13H2,1H3,(H,26,31). The number of ether oxygens (including phenoxy) is 1. The zero-order valence-electron chi connectivity index (χ0n) is 19.2. The summed E-state index contributed by atoms with van der Waals surface area (Å²) in [5.41, 5.74) is 1.55. The van der Waals surface area contributed by atoms with Crippen molar-refractivity contribution in [3.8, 4) is 0 Å². The molecule has 11 heteroatoms. The van der Waals surface area contributed by atoms with E-state index in [-0.39, 0.29) is 29.2 Å². The maximum atomic E-state index is 13.7. The number of hydrogen-bond acceptors (Lipinski definition) is 7. The summed E-state index contributed by atoms with van der Waals surface area (Å²) in [7, 11) is 0. The van der Waals surface area contributed by atoms with Gasteiger partial charge in [0, 0.05) is 35.7 Å². The lowest BCUT2D eigenvalue weighted by Crippen LogP contribution is -2.34. The monoisotopic (exact) mass is 532 g/mol. The summed E-state index contributed by atoms with van der Waals surface area (Å²) in [6.45, 7) is 3.77. The van der Waals surface area contributed by atoms with Crippen LogP contribution in [0, 0.1) is 0 Å². The van der Waals surface area contributed by atoms with E-state index in [9.17, 15) is 14.4 Å². The van der Waals surface area contributed by atoms with Crippen LogP contribution in [0.3, 0.4) is 0 Å². The summed E-state index contributed by atoms with van der Waals surface area (Å²) in [4.78, 5) is 46.5. The molecule has 5 rings (SSSR count). The quantitative estimate of drug-likeness (QED) is 0.382. The number of thiophene rings is 1. The summed E-state index contributed by atoms with van der Waals surface area (Å²) in [5.74, 6) is -0.0623. The molecule has 1 saturated heterocycles. The van der Waals surface area contributed by atoms with E-state index < -0.39 is 0 Å². The second-order valence-corrected chi connectivity index (χ2v) is 11.1. The minimum Gasteiger partial charge on any atom is -0.376 e. The average Bonchev–Trinajstić information content (AvgIpc) is 3.48. The van der Waals surface area contributed by atoms with E-state index in [0.29, 0.717) is 58.7 Å². The molecule has 0 radical (unpaired) electrons. The van der Waals surface area contributed by atoms with Crippen LogP contribution in [0.4, 0.5) is 5.69 Å². The molecule has 1 atom stereocenters. The maximum Gasteiger partial charge on any atom is 0.263 e. The van der Waals surface area contributed by atoms with E-state index in [0.717, 1.165) is 23.3 Å². The number of halogens is 1. The SMILES string of the molecule is CC(=O)N1CCc2c(sc3nc(SCC(=O)Nc4ccc(Cl)cc4)n(CC4CCCO4)c(=O)c23)C1. The third kappa shape index (κ3) is 5.25. The van der Waals surface area contributed by atoms with Crippen LogP contribution >= 0.6 is 34.7 Å². The highest BCUT2D eigenvalue weighted by Crippen LogP contribution is 2.34. The number of aromatic nitrogens is 2. The molecule has 2 aliphatic rings. The van der Waals surface area contributed by atoms with Gasteiger partial charge in [0.15, 0.2) is 5.16 Å². The van der Waals surface area contributed by atoms with Crippen molar-refractivity contribution < 1.29 is 14.3 Å². The van der Waals surface area contributed by atoms with Gasteiger partial charge in [-0.15, -0.1) is 11.3 Å².